The van der Waals surface area contributed by atoms with E-state index in [0.717, 1.165) is 12.4 Å². The lowest BCUT2D eigenvalue weighted by Crippen LogP contribution is -2.35. The van der Waals surface area contributed by atoms with Crippen LogP contribution >= 0.6 is 0 Å². The van der Waals surface area contributed by atoms with Crippen molar-refractivity contribution in [3.05, 3.63) is 18.3 Å². The summed E-state index contributed by atoms with van der Waals surface area (Å²) in [7, 11) is 0. The van der Waals surface area contributed by atoms with E-state index in [1.165, 1.54) is 0 Å². The lowest BCUT2D eigenvalue weighted by atomic mass is 10.3. The minimum atomic E-state index is -4.18. The normalized spacial score (nSPS) is 11.9. The molecule has 0 saturated carbocycles. The monoisotopic (exact) mass is 227 g/mol. The summed E-state index contributed by atoms with van der Waals surface area (Å²) in [5.41, 5.74) is 0. The van der Waals surface area contributed by atoms with Crippen molar-refractivity contribution >= 4 is 5.82 Å². The van der Waals surface area contributed by atoms with Crippen molar-refractivity contribution < 1.29 is 22.0 Å². The predicted molar refractivity (Wildman–Crippen MR) is 41.4 cm³/mol. The Labute approximate surface area is 81.3 Å². The summed E-state index contributed by atoms with van der Waals surface area (Å²) in [4.78, 5) is 6.43. The van der Waals surface area contributed by atoms with E-state index in [2.05, 4.69) is 9.97 Å². The van der Waals surface area contributed by atoms with Gasteiger partial charge in [0.1, 0.15) is 12.1 Å². The number of nitrogens with one attached hydrogen (secondary N) is 1. The molecule has 1 N–H and O–H groups in total. The smallest absolute Gasteiger partial charge is 0.324 e. The Hall–Kier alpha value is -1.47. The molecular weight excluding hydrogens is 221 g/mol. The molecule has 15 heavy (non-hydrogen) atoms. The van der Waals surface area contributed by atoms with Gasteiger partial charge in [0.05, 0.1) is 6.54 Å². The van der Waals surface area contributed by atoms with Gasteiger partial charge in [0.2, 0.25) is 5.95 Å². The molecule has 0 saturated heterocycles. The van der Waals surface area contributed by atoms with Crippen molar-refractivity contribution in [2.45, 2.75) is 12.3 Å². The number of nitrogens with zero attached hydrogens (tertiary/aromatic N) is 2. The fourth-order valence-electron chi connectivity index (χ4n) is 0.716. The molecule has 3 nitrogen and oxygen atoms in total. The van der Waals surface area contributed by atoms with Crippen LogP contribution in [0.25, 0.3) is 0 Å². The highest BCUT2D eigenvalue weighted by Gasteiger charge is 2.40. The van der Waals surface area contributed by atoms with E-state index in [1.807, 2.05) is 5.32 Å². The maximum Gasteiger partial charge on any atom is 0.324 e. The summed E-state index contributed by atoms with van der Waals surface area (Å²) in [5.74, 6) is -5.39. The van der Waals surface area contributed by atoms with Crippen LogP contribution in [0.4, 0.5) is 27.8 Å². The van der Waals surface area contributed by atoms with E-state index in [0.29, 0.717) is 0 Å². The zero-order valence-corrected chi connectivity index (χ0v) is 7.22. The van der Waals surface area contributed by atoms with Crippen molar-refractivity contribution in [1.82, 2.24) is 9.97 Å². The molecule has 0 spiro atoms. The summed E-state index contributed by atoms with van der Waals surface area (Å²) < 4.78 is 60.6. The second-order valence-electron chi connectivity index (χ2n) is 2.64. The molecule has 1 aromatic rings. The number of aromatic nitrogens is 2. The summed E-state index contributed by atoms with van der Waals surface area (Å²) >= 11 is 0. The lowest BCUT2D eigenvalue weighted by Gasteiger charge is -2.15. The highest BCUT2D eigenvalue weighted by atomic mass is 19.3. The third-order valence-corrected chi connectivity index (χ3v) is 1.46. The van der Waals surface area contributed by atoms with Gasteiger partial charge in [-0.25, -0.2) is 18.7 Å². The zero-order chi connectivity index (χ0) is 11.5. The van der Waals surface area contributed by atoms with Crippen LogP contribution in [0.1, 0.15) is 0 Å². The number of hydrogen-bond donors (Lipinski definition) is 1. The molecular formula is C7H6F5N3. The van der Waals surface area contributed by atoms with Gasteiger partial charge in [-0.3, -0.25) is 0 Å². The molecule has 0 bridgehead atoms. The molecule has 0 aliphatic rings. The molecule has 84 valence electrons. The van der Waals surface area contributed by atoms with Crippen LogP contribution < -0.4 is 5.32 Å². The van der Waals surface area contributed by atoms with Crippen molar-refractivity contribution in [1.29, 1.82) is 0 Å². The number of anilines is 1. The first-order valence-electron chi connectivity index (χ1n) is 3.79. The Kier molecular flexibility index (Phi) is 3.38. The molecule has 0 aliphatic heterocycles. The quantitative estimate of drug-likeness (QED) is 0.630. The Bertz CT molecular complexity index is 330. The third-order valence-electron chi connectivity index (χ3n) is 1.46. The second kappa shape index (κ2) is 4.37. The Morgan fingerprint density at radius 1 is 1.33 bits per heavy atom. The van der Waals surface area contributed by atoms with Gasteiger partial charge in [-0.05, 0) is 0 Å². The maximum absolute atomic E-state index is 12.4. The van der Waals surface area contributed by atoms with Gasteiger partial charge >= 0.3 is 12.3 Å². The Balaban J connectivity index is 2.57. The molecule has 1 heterocycles. The Morgan fingerprint density at radius 3 is 2.53 bits per heavy atom. The molecule has 0 aromatic carbocycles. The van der Waals surface area contributed by atoms with E-state index >= 15 is 0 Å². The highest BCUT2D eigenvalue weighted by molar-refractivity contribution is 5.32. The molecule has 0 unspecified atom stereocenters. The van der Waals surface area contributed by atoms with E-state index in [9.17, 15) is 22.0 Å². The summed E-state index contributed by atoms with van der Waals surface area (Å²) in [6, 6.07) is 0.724. The van der Waals surface area contributed by atoms with Gasteiger partial charge in [0.15, 0.2) is 0 Å². The first-order valence-corrected chi connectivity index (χ1v) is 3.79. The summed E-state index contributed by atoms with van der Waals surface area (Å²) in [6.07, 6.45) is -2.99. The van der Waals surface area contributed by atoms with E-state index in [4.69, 9.17) is 0 Å². The lowest BCUT2D eigenvalue weighted by molar-refractivity contribution is -0.117. The zero-order valence-electron chi connectivity index (χ0n) is 7.22. The van der Waals surface area contributed by atoms with Crippen molar-refractivity contribution in [3.8, 4) is 0 Å². The van der Waals surface area contributed by atoms with Gasteiger partial charge < -0.3 is 5.32 Å². The third kappa shape index (κ3) is 3.30. The molecule has 1 aromatic heterocycles. The van der Waals surface area contributed by atoms with Crippen molar-refractivity contribution in [3.63, 3.8) is 0 Å². The van der Waals surface area contributed by atoms with Gasteiger partial charge in [-0.1, -0.05) is 0 Å². The number of hydrogen-bond acceptors (Lipinski definition) is 3. The Morgan fingerprint density at radius 2 is 2.00 bits per heavy atom. The van der Waals surface area contributed by atoms with Crippen molar-refractivity contribution in [2.75, 3.05) is 11.9 Å². The molecule has 0 aliphatic carbocycles. The summed E-state index contributed by atoms with van der Waals surface area (Å²) in [6.45, 7) is -1.32. The second-order valence-corrected chi connectivity index (χ2v) is 2.64. The fraction of sp³-hybridized carbons (Fsp3) is 0.429. The summed E-state index contributed by atoms with van der Waals surface area (Å²) in [5, 5.41) is 1.89. The van der Waals surface area contributed by atoms with Gasteiger partial charge in [0.25, 0.3) is 0 Å². The first kappa shape index (κ1) is 11.6. The molecule has 8 heteroatoms. The maximum atomic E-state index is 12.4. The predicted octanol–water partition coefficient (Wildman–Crippen LogP) is 1.93. The van der Waals surface area contributed by atoms with Crippen LogP contribution in [0, 0.1) is 5.95 Å². The number of alkyl halides is 4. The molecule has 1 rings (SSSR count). The average molecular weight is 227 g/mol. The van der Waals surface area contributed by atoms with Crippen LogP contribution in [-0.2, 0) is 0 Å². The first-order chi connectivity index (χ1) is 6.92. The van der Waals surface area contributed by atoms with Crippen molar-refractivity contribution in [2.24, 2.45) is 0 Å². The van der Waals surface area contributed by atoms with Crippen LogP contribution in [0.5, 0.6) is 0 Å². The molecule has 0 amide bonds. The average Bonchev–Trinajstić information content (AvgIpc) is 2.15. The largest absolute Gasteiger partial charge is 0.364 e. The van der Waals surface area contributed by atoms with E-state index in [1.54, 1.807) is 0 Å². The standard InChI is InChI=1S/C7H6F5N3/c8-4-1-5(15-3-14-4)13-2-7(11,12)6(9)10/h1,3,6H,2H2,(H,13,14,15). The van der Waals surface area contributed by atoms with Crippen LogP contribution in [0.15, 0.2) is 12.4 Å². The minimum absolute atomic E-state index is 0.275. The fourth-order valence-corrected chi connectivity index (χ4v) is 0.716. The molecule has 0 atom stereocenters. The number of rotatable bonds is 4. The van der Waals surface area contributed by atoms with Crippen LogP contribution in [-0.4, -0.2) is 28.9 Å². The molecule has 0 radical (unpaired) electrons. The van der Waals surface area contributed by atoms with Crippen LogP contribution in [0.3, 0.4) is 0 Å². The van der Waals surface area contributed by atoms with E-state index < -0.39 is 24.8 Å². The molecule has 0 fully saturated rings. The highest BCUT2D eigenvalue weighted by Crippen LogP contribution is 2.22. The van der Waals surface area contributed by atoms with E-state index in [-0.39, 0.29) is 5.82 Å². The van der Waals surface area contributed by atoms with Gasteiger partial charge in [-0.2, -0.15) is 13.2 Å². The topological polar surface area (TPSA) is 37.8 Å². The van der Waals surface area contributed by atoms with Gasteiger partial charge in [0, 0.05) is 6.07 Å². The van der Waals surface area contributed by atoms with Gasteiger partial charge in [-0.15, -0.1) is 0 Å². The SMILES string of the molecule is Fc1cc(NCC(F)(F)C(F)F)ncn1. The number of halogens is 5. The van der Waals surface area contributed by atoms with Crippen LogP contribution in [0.2, 0.25) is 0 Å². The minimum Gasteiger partial charge on any atom is -0.364 e.